The quantitative estimate of drug-likeness (QED) is 0.400. The van der Waals surface area contributed by atoms with Gasteiger partial charge in [-0.25, -0.2) is 0 Å². The third-order valence-electron chi connectivity index (χ3n) is 10.7. The van der Waals surface area contributed by atoms with Crippen molar-refractivity contribution in [2.45, 2.75) is 105 Å². The molecule has 1 amide bonds. The van der Waals surface area contributed by atoms with Crippen LogP contribution in [0.1, 0.15) is 98.8 Å². The summed E-state index contributed by atoms with van der Waals surface area (Å²) in [5, 5.41) is 4.53. The number of amides is 1. The van der Waals surface area contributed by atoms with E-state index < -0.39 is 0 Å². The van der Waals surface area contributed by atoms with Crippen molar-refractivity contribution in [3.8, 4) is 0 Å². The molecule has 1 N–H and O–H groups in total. The van der Waals surface area contributed by atoms with Crippen LogP contribution in [-0.2, 0) is 4.79 Å². The van der Waals surface area contributed by atoms with Crippen molar-refractivity contribution in [2.75, 3.05) is 5.33 Å². The Morgan fingerprint density at radius 2 is 1.77 bits per heavy atom. The van der Waals surface area contributed by atoms with Crippen LogP contribution < -0.4 is 5.32 Å². The fourth-order valence-corrected chi connectivity index (χ4v) is 9.73. The van der Waals surface area contributed by atoms with E-state index in [2.05, 4.69) is 55.9 Å². The van der Waals surface area contributed by atoms with Crippen molar-refractivity contribution in [3.63, 3.8) is 0 Å². The first-order chi connectivity index (χ1) is 14.2. The number of rotatable bonds is 6. The standard InChI is InChI=1S/C27H46BrNO/c1-17(2)7-6-8-18(3)20-9-10-21-25-19(16-28)15-23-27(5,14-12-24(30)29-23)22(25)11-13-26(20,21)4/h17-23,25H,6-16H2,1-5H3,(H,29,30)/t18-,19-,20-,21+,22+,23-,25+,26-,27-/m1/s1. The zero-order valence-electron chi connectivity index (χ0n) is 20.2. The van der Waals surface area contributed by atoms with Gasteiger partial charge in [0, 0.05) is 17.8 Å². The summed E-state index contributed by atoms with van der Waals surface area (Å²) < 4.78 is 0. The summed E-state index contributed by atoms with van der Waals surface area (Å²) in [4.78, 5) is 12.2. The first kappa shape index (κ1) is 23.1. The fourth-order valence-electron chi connectivity index (χ4n) is 9.03. The predicted molar refractivity (Wildman–Crippen MR) is 130 cm³/mol. The predicted octanol–water partition coefficient (Wildman–Crippen LogP) is 7.21. The van der Waals surface area contributed by atoms with Gasteiger partial charge in [0.1, 0.15) is 0 Å². The van der Waals surface area contributed by atoms with Crippen LogP contribution >= 0.6 is 15.9 Å². The number of carbonyl (C=O) groups excluding carboxylic acids is 1. The Bertz CT molecular complexity index is 634. The maximum absolute atomic E-state index is 12.2. The number of piperidine rings is 1. The average Bonchev–Trinajstić information content (AvgIpc) is 3.05. The lowest BCUT2D eigenvalue weighted by Crippen LogP contribution is -2.63. The van der Waals surface area contributed by atoms with E-state index in [1.54, 1.807) is 0 Å². The number of hydrogen-bond acceptors (Lipinski definition) is 1. The van der Waals surface area contributed by atoms with Gasteiger partial charge in [0.15, 0.2) is 0 Å². The van der Waals surface area contributed by atoms with E-state index in [0.717, 1.165) is 59.6 Å². The SMILES string of the molecule is CC(C)CCC[C@@H](C)[C@H]1CC[C@H]2[C@@H]3[C@@H](CBr)C[C@H]4NC(=O)CC[C@]4(C)[C@H]3CC[C@]12C. The molecule has 3 heteroatoms. The molecule has 0 aromatic carbocycles. The normalized spacial score (nSPS) is 46.7. The number of carbonyl (C=O) groups is 1. The second-order valence-electron chi connectivity index (χ2n) is 12.6. The minimum absolute atomic E-state index is 0.293. The first-order valence-corrected chi connectivity index (χ1v) is 14.2. The van der Waals surface area contributed by atoms with Crippen LogP contribution in [0.3, 0.4) is 0 Å². The molecule has 1 heterocycles. The molecular weight excluding hydrogens is 434 g/mol. The number of fused-ring (bicyclic) bond motifs is 5. The molecule has 4 rings (SSSR count). The molecule has 1 aliphatic heterocycles. The lowest BCUT2D eigenvalue weighted by molar-refractivity contribution is -0.144. The molecule has 3 aliphatic carbocycles. The van der Waals surface area contributed by atoms with E-state index in [1.807, 2.05) is 0 Å². The Hall–Kier alpha value is -0.0500. The van der Waals surface area contributed by atoms with Gasteiger partial charge < -0.3 is 5.32 Å². The second-order valence-corrected chi connectivity index (χ2v) is 13.2. The van der Waals surface area contributed by atoms with Gasteiger partial charge in [0.2, 0.25) is 5.91 Å². The highest BCUT2D eigenvalue weighted by atomic mass is 79.9. The Labute approximate surface area is 194 Å². The Morgan fingerprint density at radius 3 is 2.47 bits per heavy atom. The van der Waals surface area contributed by atoms with E-state index in [1.165, 1.54) is 51.4 Å². The highest BCUT2D eigenvalue weighted by Gasteiger charge is 2.62. The summed E-state index contributed by atoms with van der Waals surface area (Å²) >= 11 is 3.92. The minimum Gasteiger partial charge on any atom is -0.353 e. The maximum Gasteiger partial charge on any atom is 0.220 e. The van der Waals surface area contributed by atoms with Crippen LogP contribution in [0.2, 0.25) is 0 Å². The van der Waals surface area contributed by atoms with Gasteiger partial charge >= 0.3 is 0 Å². The maximum atomic E-state index is 12.2. The van der Waals surface area contributed by atoms with Crippen LogP contribution in [0.4, 0.5) is 0 Å². The Balaban J connectivity index is 1.54. The lowest BCUT2D eigenvalue weighted by atomic mass is 9.44. The van der Waals surface area contributed by atoms with Gasteiger partial charge in [-0.3, -0.25) is 4.79 Å². The van der Waals surface area contributed by atoms with Crippen molar-refractivity contribution < 1.29 is 4.79 Å². The molecule has 1 saturated heterocycles. The largest absolute Gasteiger partial charge is 0.353 e. The van der Waals surface area contributed by atoms with Gasteiger partial charge in [-0.1, -0.05) is 69.8 Å². The van der Waals surface area contributed by atoms with E-state index in [0.29, 0.717) is 22.8 Å². The number of nitrogens with one attached hydrogen (secondary N) is 1. The summed E-state index contributed by atoms with van der Waals surface area (Å²) in [6, 6.07) is 0.402. The molecule has 3 saturated carbocycles. The van der Waals surface area contributed by atoms with Crippen molar-refractivity contribution >= 4 is 21.8 Å². The van der Waals surface area contributed by atoms with Gasteiger partial charge in [0.25, 0.3) is 0 Å². The van der Waals surface area contributed by atoms with E-state index in [9.17, 15) is 4.79 Å². The molecule has 0 aromatic rings. The molecule has 0 radical (unpaired) electrons. The highest BCUT2D eigenvalue weighted by Crippen LogP contribution is 2.68. The van der Waals surface area contributed by atoms with Gasteiger partial charge in [-0.2, -0.15) is 0 Å². The van der Waals surface area contributed by atoms with Crippen molar-refractivity contribution in [1.29, 1.82) is 0 Å². The third kappa shape index (κ3) is 3.81. The molecule has 0 spiro atoms. The summed E-state index contributed by atoms with van der Waals surface area (Å²) in [5.74, 6) is 6.20. The monoisotopic (exact) mass is 479 g/mol. The van der Waals surface area contributed by atoms with Crippen LogP contribution in [0.15, 0.2) is 0 Å². The van der Waals surface area contributed by atoms with Crippen molar-refractivity contribution in [3.05, 3.63) is 0 Å². The van der Waals surface area contributed by atoms with E-state index in [4.69, 9.17) is 0 Å². The molecular formula is C27H46BrNO. The van der Waals surface area contributed by atoms with Gasteiger partial charge in [-0.15, -0.1) is 0 Å². The zero-order chi connectivity index (χ0) is 21.7. The van der Waals surface area contributed by atoms with Crippen LogP contribution in [-0.4, -0.2) is 17.3 Å². The molecule has 4 fully saturated rings. The Kier molecular flexibility index (Phi) is 6.71. The van der Waals surface area contributed by atoms with E-state index >= 15 is 0 Å². The van der Waals surface area contributed by atoms with Gasteiger partial charge in [-0.05, 0) is 90.8 Å². The molecule has 0 unspecified atom stereocenters. The van der Waals surface area contributed by atoms with Crippen LogP contribution in [0.5, 0.6) is 0 Å². The lowest BCUT2D eigenvalue weighted by Gasteiger charge is -2.62. The van der Waals surface area contributed by atoms with Crippen molar-refractivity contribution in [1.82, 2.24) is 5.32 Å². The number of alkyl halides is 1. The summed E-state index contributed by atoms with van der Waals surface area (Å²) in [6.45, 7) is 12.5. The summed E-state index contributed by atoms with van der Waals surface area (Å²) in [5.41, 5.74) is 0.861. The zero-order valence-corrected chi connectivity index (χ0v) is 21.8. The minimum atomic E-state index is 0.293. The van der Waals surface area contributed by atoms with Gasteiger partial charge in [0.05, 0.1) is 0 Å². The average molecular weight is 481 g/mol. The molecule has 2 nitrogen and oxygen atoms in total. The third-order valence-corrected chi connectivity index (χ3v) is 11.5. The molecule has 4 aliphatic rings. The molecule has 0 bridgehead atoms. The van der Waals surface area contributed by atoms with Crippen LogP contribution in [0, 0.1) is 52.3 Å². The molecule has 9 atom stereocenters. The first-order valence-electron chi connectivity index (χ1n) is 13.1. The van der Waals surface area contributed by atoms with Crippen molar-refractivity contribution in [2.24, 2.45) is 52.3 Å². The summed E-state index contributed by atoms with van der Waals surface area (Å²) in [6.07, 6.45) is 13.0. The molecule has 0 aromatic heterocycles. The number of hydrogen-bond donors (Lipinski definition) is 1. The second kappa shape index (κ2) is 8.71. The highest BCUT2D eigenvalue weighted by molar-refractivity contribution is 9.09. The Morgan fingerprint density at radius 1 is 1.03 bits per heavy atom. The topological polar surface area (TPSA) is 29.1 Å². The smallest absolute Gasteiger partial charge is 0.220 e. The molecule has 172 valence electrons. The molecule has 30 heavy (non-hydrogen) atoms. The number of halogens is 1. The van der Waals surface area contributed by atoms with E-state index in [-0.39, 0.29) is 0 Å². The summed E-state index contributed by atoms with van der Waals surface area (Å²) in [7, 11) is 0. The van der Waals surface area contributed by atoms with Crippen LogP contribution in [0.25, 0.3) is 0 Å². The fraction of sp³-hybridized carbons (Fsp3) is 0.963.